The van der Waals surface area contributed by atoms with E-state index in [0.29, 0.717) is 0 Å². The fraction of sp³-hybridized carbons (Fsp3) is 0.765. The van der Waals surface area contributed by atoms with Gasteiger partial charge in [-0.3, -0.25) is 0 Å². The van der Waals surface area contributed by atoms with Crippen molar-refractivity contribution in [1.82, 2.24) is 0 Å². The molecule has 0 aromatic carbocycles. The molecule has 2 N–H and O–H groups in total. The van der Waals surface area contributed by atoms with Gasteiger partial charge in [-0.15, -0.1) is 11.3 Å². The van der Waals surface area contributed by atoms with Crippen molar-refractivity contribution in [1.29, 1.82) is 0 Å². The lowest BCUT2D eigenvalue weighted by atomic mass is 9.84. The molecular formula is C17H27NS. The van der Waals surface area contributed by atoms with Crippen LogP contribution in [0.3, 0.4) is 0 Å². The highest BCUT2D eigenvalue weighted by Gasteiger charge is 2.40. The van der Waals surface area contributed by atoms with Gasteiger partial charge in [0.05, 0.1) is 0 Å². The maximum atomic E-state index is 6.47. The SMILES string of the molecule is CC(C)(C)c1ccc(C(N)CC2CC3CCC2C3)s1. The van der Waals surface area contributed by atoms with Gasteiger partial charge < -0.3 is 5.73 Å². The van der Waals surface area contributed by atoms with E-state index in [1.807, 2.05) is 11.3 Å². The molecule has 4 atom stereocenters. The Morgan fingerprint density at radius 1 is 1.26 bits per heavy atom. The van der Waals surface area contributed by atoms with Gasteiger partial charge in [-0.2, -0.15) is 0 Å². The summed E-state index contributed by atoms with van der Waals surface area (Å²) in [5, 5.41) is 0. The summed E-state index contributed by atoms with van der Waals surface area (Å²) in [5.41, 5.74) is 6.73. The van der Waals surface area contributed by atoms with Gasteiger partial charge >= 0.3 is 0 Å². The molecule has 2 heteroatoms. The Morgan fingerprint density at radius 2 is 2.05 bits per heavy atom. The molecule has 4 unspecified atom stereocenters. The van der Waals surface area contributed by atoms with E-state index in [9.17, 15) is 0 Å². The first-order valence-electron chi connectivity index (χ1n) is 7.79. The topological polar surface area (TPSA) is 26.0 Å². The summed E-state index contributed by atoms with van der Waals surface area (Å²) in [6.07, 6.45) is 7.12. The molecule has 106 valence electrons. The molecule has 1 aromatic heterocycles. The second kappa shape index (κ2) is 4.89. The molecule has 1 nitrogen and oxygen atoms in total. The van der Waals surface area contributed by atoms with Crippen molar-refractivity contribution in [2.24, 2.45) is 23.5 Å². The molecule has 19 heavy (non-hydrogen) atoms. The van der Waals surface area contributed by atoms with Gasteiger partial charge in [0.1, 0.15) is 0 Å². The largest absolute Gasteiger partial charge is 0.323 e. The van der Waals surface area contributed by atoms with E-state index < -0.39 is 0 Å². The van der Waals surface area contributed by atoms with E-state index in [0.717, 1.165) is 17.8 Å². The Kier molecular flexibility index (Phi) is 3.51. The lowest BCUT2D eigenvalue weighted by Crippen LogP contribution is -2.18. The van der Waals surface area contributed by atoms with Gasteiger partial charge in [-0.05, 0) is 61.0 Å². The van der Waals surface area contributed by atoms with Crippen molar-refractivity contribution < 1.29 is 0 Å². The van der Waals surface area contributed by atoms with Gasteiger partial charge in [0.25, 0.3) is 0 Å². The average Bonchev–Trinajstić information content (AvgIpc) is 3.03. The quantitative estimate of drug-likeness (QED) is 0.838. The summed E-state index contributed by atoms with van der Waals surface area (Å²) >= 11 is 1.93. The van der Waals surface area contributed by atoms with Gasteiger partial charge in [0.15, 0.2) is 0 Å². The Bertz CT molecular complexity index is 442. The summed E-state index contributed by atoms with van der Waals surface area (Å²) < 4.78 is 0. The first-order chi connectivity index (χ1) is 8.93. The van der Waals surface area contributed by atoms with Crippen LogP contribution in [-0.2, 0) is 5.41 Å². The van der Waals surface area contributed by atoms with Crippen molar-refractivity contribution in [3.63, 3.8) is 0 Å². The zero-order valence-corrected chi connectivity index (χ0v) is 13.3. The van der Waals surface area contributed by atoms with E-state index in [-0.39, 0.29) is 11.5 Å². The third kappa shape index (κ3) is 2.75. The third-order valence-corrected chi connectivity index (χ3v) is 6.82. The molecule has 2 aliphatic carbocycles. The lowest BCUT2D eigenvalue weighted by molar-refractivity contribution is 0.297. The Hall–Kier alpha value is -0.340. The van der Waals surface area contributed by atoms with Crippen LogP contribution in [0.2, 0.25) is 0 Å². The van der Waals surface area contributed by atoms with Crippen LogP contribution in [0.15, 0.2) is 12.1 Å². The summed E-state index contributed by atoms with van der Waals surface area (Å²) in [6.45, 7) is 6.85. The minimum absolute atomic E-state index is 0.259. The third-order valence-electron chi connectivity index (χ3n) is 5.17. The molecule has 2 aliphatic rings. The van der Waals surface area contributed by atoms with Crippen LogP contribution in [0.4, 0.5) is 0 Å². The molecule has 0 aliphatic heterocycles. The zero-order chi connectivity index (χ0) is 13.6. The van der Waals surface area contributed by atoms with Crippen LogP contribution in [0.25, 0.3) is 0 Å². The molecule has 0 saturated heterocycles. The van der Waals surface area contributed by atoms with E-state index in [1.165, 1.54) is 41.9 Å². The predicted molar refractivity (Wildman–Crippen MR) is 83.5 cm³/mol. The first-order valence-corrected chi connectivity index (χ1v) is 8.61. The molecular weight excluding hydrogens is 250 g/mol. The highest BCUT2D eigenvalue weighted by molar-refractivity contribution is 7.12. The standard InChI is InChI=1S/C17H27NS/c1-17(2,3)16-7-6-15(19-16)14(18)10-13-9-11-4-5-12(13)8-11/h6-7,11-14H,4-5,8-10,18H2,1-3H3. The lowest BCUT2D eigenvalue weighted by Gasteiger charge is -2.24. The second-order valence-electron chi connectivity index (χ2n) is 7.73. The molecule has 0 amide bonds. The number of hydrogen-bond acceptors (Lipinski definition) is 2. The van der Waals surface area contributed by atoms with Crippen LogP contribution in [-0.4, -0.2) is 0 Å². The minimum atomic E-state index is 0.259. The van der Waals surface area contributed by atoms with E-state index >= 15 is 0 Å². The van der Waals surface area contributed by atoms with Crippen LogP contribution in [0.5, 0.6) is 0 Å². The van der Waals surface area contributed by atoms with E-state index in [1.54, 1.807) is 0 Å². The number of fused-ring (bicyclic) bond motifs is 2. The fourth-order valence-electron chi connectivity index (χ4n) is 4.06. The highest BCUT2D eigenvalue weighted by Crippen LogP contribution is 2.51. The van der Waals surface area contributed by atoms with Crippen molar-refractivity contribution in [2.75, 3.05) is 0 Å². The summed E-state index contributed by atoms with van der Waals surface area (Å²) in [7, 11) is 0. The normalized spacial score (nSPS) is 31.9. The Labute approximate surface area is 121 Å². The monoisotopic (exact) mass is 277 g/mol. The molecule has 3 rings (SSSR count). The van der Waals surface area contributed by atoms with Crippen molar-refractivity contribution in [2.45, 2.75) is 64.3 Å². The molecule has 2 fully saturated rings. The smallest absolute Gasteiger partial charge is 0.0392 e. The van der Waals surface area contributed by atoms with Gasteiger partial charge in [0, 0.05) is 15.8 Å². The molecule has 1 aromatic rings. The van der Waals surface area contributed by atoms with Crippen molar-refractivity contribution in [3.05, 3.63) is 21.9 Å². The van der Waals surface area contributed by atoms with Crippen LogP contribution >= 0.6 is 11.3 Å². The highest BCUT2D eigenvalue weighted by atomic mass is 32.1. The average molecular weight is 277 g/mol. The molecule has 2 bridgehead atoms. The maximum absolute atomic E-state index is 6.47. The number of nitrogens with two attached hydrogens (primary N) is 1. The van der Waals surface area contributed by atoms with E-state index in [4.69, 9.17) is 5.73 Å². The van der Waals surface area contributed by atoms with Crippen molar-refractivity contribution >= 4 is 11.3 Å². The van der Waals surface area contributed by atoms with Crippen LogP contribution < -0.4 is 5.73 Å². The van der Waals surface area contributed by atoms with Gasteiger partial charge in [0.2, 0.25) is 0 Å². The predicted octanol–water partition coefficient (Wildman–Crippen LogP) is 4.87. The number of hydrogen-bond donors (Lipinski definition) is 1. The fourth-order valence-corrected chi connectivity index (χ4v) is 5.14. The molecule has 2 saturated carbocycles. The summed E-state index contributed by atoms with van der Waals surface area (Å²) in [5.74, 6) is 2.95. The zero-order valence-electron chi connectivity index (χ0n) is 12.5. The number of thiophene rings is 1. The molecule has 0 spiro atoms. The van der Waals surface area contributed by atoms with Crippen LogP contribution in [0.1, 0.15) is 68.7 Å². The Morgan fingerprint density at radius 3 is 2.58 bits per heavy atom. The van der Waals surface area contributed by atoms with Crippen molar-refractivity contribution in [3.8, 4) is 0 Å². The van der Waals surface area contributed by atoms with Gasteiger partial charge in [-0.1, -0.05) is 27.2 Å². The molecule has 1 heterocycles. The number of rotatable bonds is 3. The van der Waals surface area contributed by atoms with Crippen LogP contribution in [0, 0.1) is 17.8 Å². The second-order valence-corrected chi connectivity index (χ2v) is 8.84. The van der Waals surface area contributed by atoms with E-state index in [2.05, 4.69) is 32.9 Å². The molecule has 0 radical (unpaired) electrons. The Balaban J connectivity index is 1.64. The van der Waals surface area contributed by atoms with Gasteiger partial charge in [-0.25, -0.2) is 0 Å². The minimum Gasteiger partial charge on any atom is -0.323 e. The summed E-state index contributed by atoms with van der Waals surface area (Å²) in [6, 6.07) is 4.81. The first kappa shape index (κ1) is 13.6. The summed E-state index contributed by atoms with van der Waals surface area (Å²) in [4.78, 5) is 2.86. The maximum Gasteiger partial charge on any atom is 0.0392 e.